The van der Waals surface area contributed by atoms with Crippen molar-refractivity contribution < 1.29 is 19.4 Å². The number of hydrogen-bond acceptors (Lipinski definition) is 3. The molecule has 0 saturated carbocycles. The first kappa shape index (κ1) is 27.1. The van der Waals surface area contributed by atoms with Crippen LogP contribution in [0, 0.1) is 6.92 Å². The lowest BCUT2D eigenvalue weighted by Gasteiger charge is -2.16. The molecule has 1 atom stereocenters. The van der Waals surface area contributed by atoms with Gasteiger partial charge in [0.2, 0.25) is 0 Å². The van der Waals surface area contributed by atoms with Gasteiger partial charge >= 0.3 is 5.97 Å². The van der Waals surface area contributed by atoms with Gasteiger partial charge in [0.15, 0.2) is 6.10 Å². The molecule has 1 heterocycles. The van der Waals surface area contributed by atoms with Crippen molar-refractivity contribution >= 4 is 5.97 Å². The number of unbranched alkanes of at least 4 members (excludes halogenated alkanes) is 4. The number of nitrogens with zero attached hydrogens (tertiary/aromatic N) is 1. The van der Waals surface area contributed by atoms with Crippen molar-refractivity contribution in [1.82, 2.24) is 4.57 Å². The molecule has 5 nitrogen and oxygen atoms in total. The molecular weight excluding hydrogens is 474 g/mol. The van der Waals surface area contributed by atoms with Gasteiger partial charge in [-0.3, -0.25) is 0 Å². The van der Waals surface area contributed by atoms with E-state index in [4.69, 9.17) is 9.47 Å². The average molecular weight is 512 g/mol. The van der Waals surface area contributed by atoms with Crippen LogP contribution in [0.1, 0.15) is 50.3 Å². The topological polar surface area (TPSA) is 60.7 Å². The predicted octanol–water partition coefficient (Wildman–Crippen LogP) is 7.88. The van der Waals surface area contributed by atoms with Crippen LogP contribution in [0.2, 0.25) is 0 Å². The van der Waals surface area contributed by atoms with E-state index in [1.165, 1.54) is 25.7 Å². The lowest BCUT2D eigenvalue weighted by molar-refractivity contribution is -0.145. The number of benzene rings is 3. The van der Waals surface area contributed by atoms with Crippen molar-refractivity contribution in [3.8, 4) is 28.4 Å². The van der Waals surface area contributed by atoms with Gasteiger partial charge in [0.25, 0.3) is 0 Å². The number of carboxylic acids is 1. The van der Waals surface area contributed by atoms with Crippen molar-refractivity contribution in [2.75, 3.05) is 6.61 Å². The maximum Gasteiger partial charge on any atom is 0.345 e. The summed E-state index contributed by atoms with van der Waals surface area (Å²) >= 11 is 0. The third-order valence-electron chi connectivity index (χ3n) is 6.66. The second-order valence-electron chi connectivity index (χ2n) is 9.61. The van der Waals surface area contributed by atoms with Gasteiger partial charge in [0, 0.05) is 17.8 Å². The Labute approximate surface area is 225 Å². The van der Waals surface area contributed by atoms with Crippen LogP contribution in [0.5, 0.6) is 11.5 Å². The Morgan fingerprint density at radius 1 is 0.816 bits per heavy atom. The minimum absolute atomic E-state index is 0.304. The second kappa shape index (κ2) is 13.5. The van der Waals surface area contributed by atoms with Crippen LogP contribution in [0.4, 0.5) is 0 Å². The lowest BCUT2D eigenvalue weighted by Crippen LogP contribution is -2.29. The van der Waals surface area contributed by atoms with E-state index in [2.05, 4.69) is 42.7 Å². The van der Waals surface area contributed by atoms with Crippen LogP contribution in [0.3, 0.4) is 0 Å². The molecule has 0 radical (unpaired) electrons. The van der Waals surface area contributed by atoms with Crippen molar-refractivity contribution in [2.24, 2.45) is 0 Å². The Morgan fingerprint density at radius 2 is 1.50 bits per heavy atom. The van der Waals surface area contributed by atoms with Gasteiger partial charge in [-0.1, -0.05) is 62.9 Å². The molecule has 38 heavy (non-hydrogen) atoms. The first-order valence-corrected chi connectivity index (χ1v) is 13.5. The van der Waals surface area contributed by atoms with Gasteiger partial charge in [0.05, 0.1) is 12.3 Å². The number of aryl methyl sites for hydroxylation is 1. The van der Waals surface area contributed by atoms with Gasteiger partial charge in [-0.15, -0.1) is 0 Å². The second-order valence-corrected chi connectivity index (χ2v) is 9.61. The van der Waals surface area contributed by atoms with Gasteiger partial charge < -0.3 is 19.1 Å². The largest absolute Gasteiger partial charge is 0.494 e. The molecular formula is C33H37NO4. The minimum atomic E-state index is -0.980. The van der Waals surface area contributed by atoms with E-state index in [0.29, 0.717) is 12.2 Å². The lowest BCUT2D eigenvalue weighted by atomic mass is 10.1. The van der Waals surface area contributed by atoms with E-state index >= 15 is 0 Å². The van der Waals surface area contributed by atoms with Gasteiger partial charge in [0.1, 0.15) is 11.5 Å². The molecule has 0 unspecified atom stereocenters. The molecule has 1 aromatic heterocycles. The first-order valence-electron chi connectivity index (χ1n) is 13.5. The summed E-state index contributed by atoms with van der Waals surface area (Å²) in [5, 5.41) is 9.67. The highest BCUT2D eigenvalue weighted by atomic mass is 16.5. The normalized spacial score (nSPS) is 11.7. The Hall–Kier alpha value is -3.99. The molecule has 3 aromatic carbocycles. The summed E-state index contributed by atoms with van der Waals surface area (Å²) in [5.74, 6) is 0.440. The van der Waals surface area contributed by atoms with E-state index in [-0.39, 0.29) is 0 Å². The zero-order chi connectivity index (χ0) is 26.7. The fourth-order valence-corrected chi connectivity index (χ4v) is 4.57. The molecule has 0 spiro atoms. The smallest absolute Gasteiger partial charge is 0.345 e. The molecule has 4 aromatic rings. The van der Waals surface area contributed by atoms with Gasteiger partial charge in [-0.2, -0.15) is 0 Å². The fraction of sp³-hybridized carbons (Fsp3) is 0.303. The van der Waals surface area contributed by atoms with Crippen molar-refractivity contribution in [1.29, 1.82) is 0 Å². The number of carbonyl (C=O) groups is 1. The Morgan fingerprint density at radius 3 is 2.18 bits per heavy atom. The first-order chi connectivity index (χ1) is 18.5. The molecule has 4 rings (SSSR count). The van der Waals surface area contributed by atoms with Crippen LogP contribution in [-0.2, 0) is 11.2 Å². The quantitative estimate of drug-likeness (QED) is 0.175. The van der Waals surface area contributed by atoms with Crippen LogP contribution in [-0.4, -0.2) is 28.4 Å². The molecule has 0 fully saturated rings. The minimum Gasteiger partial charge on any atom is -0.494 e. The zero-order valence-corrected chi connectivity index (χ0v) is 22.3. The summed E-state index contributed by atoms with van der Waals surface area (Å²) in [6.45, 7) is 5.06. The van der Waals surface area contributed by atoms with Crippen LogP contribution in [0.25, 0.3) is 16.9 Å². The van der Waals surface area contributed by atoms with E-state index < -0.39 is 12.1 Å². The molecule has 0 aliphatic carbocycles. The Kier molecular flexibility index (Phi) is 9.63. The molecule has 0 amide bonds. The third kappa shape index (κ3) is 7.28. The molecule has 0 saturated heterocycles. The number of carboxylic acid groups (broad SMARTS) is 1. The number of hydrogen-bond donors (Lipinski definition) is 1. The van der Waals surface area contributed by atoms with Crippen molar-refractivity contribution in [3.05, 3.63) is 102 Å². The van der Waals surface area contributed by atoms with Crippen LogP contribution >= 0.6 is 0 Å². The number of aromatic nitrogens is 1. The number of ether oxygens (including phenoxy) is 2. The summed E-state index contributed by atoms with van der Waals surface area (Å²) in [6.07, 6.45) is 5.47. The Balaban J connectivity index is 1.42. The van der Waals surface area contributed by atoms with Crippen molar-refractivity contribution in [2.45, 2.75) is 58.5 Å². The fourth-order valence-electron chi connectivity index (χ4n) is 4.57. The monoisotopic (exact) mass is 511 g/mol. The molecule has 1 N–H and O–H groups in total. The molecule has 198 valence electrons. The molecule has 5 heteroatoms. The van der Waals surface area contributed by atoms with E-state index in [1.807, 2.05) is 66.7 Å². The van der Waals surface area contributed by atoms with Gasteiger partial charge in [-0.25, -0.2) is 4.79 Å². The Bertz CT molecular complexity index is 1280. The maximum atomic E-state index is 11.8. The standard InChI is InChI=1S/C33H37NO4/c1-3-4-5-6-10-23-37-29-20-16-28(17-21-29)34-25(2)13-22-31(34)27-14-18-30(19-15-27)38-32(33(35)36)24-26-11-8-7-9-12-26/h7-9,11-22,32H,3-6,10,23-24H2,1-2H3,(H,35,36)/t32-/m1/s1. The molecule has 0 aliphatic heterocycles. The third-order valence-corrected chi connectivity index (χ3v) is 6.66. The van der Waals surface area contributed by atoms with Crippen LogP contribution in [0.15, 0.2) is 91.0 Å². The zero-order valence-electron chi connectivity index (χ0n) is 22.3. The van der Waals surface area contributed by atoms with Crippen molar-refractivity contribution in [3.63, 3.8) is 0 Å². The summed E-state index contributed by atoms with van der Waals surface area (Å²) < 4.78 is 14.0. The maximum absolute atomic E-state index is 11.8. The number of rotatable bonds is 14. The van der Waals surface area contributed by atoms with Gasteiger partial charge in [-0.05, 0) is 85.1 Å². The average Bonchev–Trinajstić information content (AvgIpc) is 3.32. The van der Waals surface area contributed by atoms with E-state index in [0.717, 1.165) is 47.0 Å². The number of aliphatic carboxylic acids is 1. The highest BCUT2D eigenvalue weighted by Gasteiger charge is 2.20. The summed E-state index contributed by atoms with van der Waals surface area (Å²) in [4.78, 5) is 11.8. The summed E-state index contributed by atoms with van der Waals surface area (Å²) in [7, 11) is 0. The summed E-state index contributed by atoms with van der Waals surface area (Å²) in [6, 6.07) is 29.6. The predicted molar refractivity (Wildman–Crippen MR) is 152 cm³/mol. The highest BCUT2D eigenvalue weighted by molar-refractivity contribution is 5.73. The molecule has 0 aliphatic rings. The SMILES string of the molecule is CCCCCCCOc1ccc(-n2c(C)ccc2-c2ccc(O[C@H](Cc3ccccc3)C(=O)O)cc2)cc1. The molecule has 0 bridgehead atoms. The highest BCUT2D eigenvalue weighted by Crippen LogP contribution is 2.29. The summed E-state index contributed by atoms with van der Waals surface area (Å²) in [5.41, 5.74) is 5.18. The van der Waals surface area contributed by atoms with E-state index in [9.17, 15) is 9.90 Å². The van der Waals surface area contributed by atoms with Crippen LogP contribution < -0.4 is 9.47 Å². The van der Waals surface area contributed by atoms with E-state index in [1.54, 1.807) is 0 Å².